The number of nitrogens with zero attached hydrogens (tertiary/aromatic N) is 2. The lowest BCUT2D eigenvalue weighted by molar-refractivity contribution is -0.255. The molecule has 0 atom stereocenters. The van der Waals surface area contributed by atoms with E-state index in [1.54, 1.807) is 27.8 Å². The Kier molecular flexibility index (Phi) is 3.97. The van der Waals surface area contributed by atoms with Crippen molar-refractivity contribution in [2.24, 2.45) is 7.05 Å². The van der Waals surface area contributed by atoms with Crippen LogP contribution in [0.25, 0.3) is 0 Å². The minimum absolute atomic E-state index is 0.0910. The highest BCUT2D eigenvalue weighted by Crippen LogP contribution is 2.24. The molecule has 1 N–H and O–H groups in total. The molecule has 0 aliphatic rings. The molecule has 118 valence electrons. The maximum absolute atomic E-state index is 12.6. The van der Waals surface area contributed by atoms with Gasteiger partial charge in [-0.1, -0.05) is 12.1 Å². The molecule has 22 heavy (non-hydrogen) atoms. The van der Waals surface area contributed by atoms with E-state index in [9.17, 15) is 18.3 Å². The van der Waals surface area contributed by atoms with Crippen LogP contribution >= 0.6 is 0 Å². The van der Waals surface area contributed by atoms with Gasteiger partial charge in [-0.2, -0.15) is 5.10 Å². The third-order valence-electron chi connectivity index (χ3n) is 3.43. The monoisotopic (exact) mass is 322 g/mol. The van der Waals surface area contributed by atoms with E-state index in [1.165, 1.54) is 22.9 Å². The molecule has 1 heterocycles. The van der Waals surface area contributed by atoms with E-state index in [0.717, 1.165) is 0 Å². The number of carboxylic acid groups (broad SMARTS) is 1. The summed E-state index contributed by atoms with van der Waals surface area (Å²) in [5.74, 6) is -1.37. The summed E-state index contributed by atoms with van der Waals surface area (Å²) in [5.41, 5.74) is 1.58. The van der Waals surface area contributed by atoms with E-state index in [1.807, 2.05) is 0 Å². The van der Waals surface area contributed by atoms with Gasteiger partial charge in [-0.05, 0) is 38.0 Å². The minimum Gasteiger partial charge on any atom is -0.545 e. The second-order valence-corrected chi connectivity index (χ2v) is 6.67. The van der Waals surface area contributed by atoms with Crippen molar-refractivity contribution in [2.75, 3.05) is 4.72 Å². The molecule has 1 aromatic heterocycles. The zero-order valence-electron chi connectivity index (χ0n) is 12.7. The normalized spacial score (nSPS) is 11.5. The number of aromatic carboxylic acids is 1. The van der Waals surface area contributed by atoms with Crippen LogP contribution in [0.4, 0.5) is 5.69 Å². The van der Waals surface area contributed by atoms with Gasteiger partial charge in [0.2, 0.25) is 0 Å². The highest BCUT2D eigenvalue weighted by atomic mass is 32.2. The van der Waals surface area contributed by atoms with Crippen molar-refractivity contribution in [1.29, 1.82) is 0 Å². The third-order valence-corrected chi connectivity index (χ3v) is 5.05. The fraction of sp³-hybridized carbons (Fsp3) is 0.286. The summed E-state index contributed by atoms with van der Waals surface area (Å²) in [7, 11) is -2.21. The summed E-state index contributed by atoms with van der Waals surface area (Å²) >= 11 is 0. The number of aryl methyl sites for hydroxylation is 3. The maximum Gasteiger partial charge on any atom is 0.265 e. The molecule has 7 nitrogen and oxygen atoms in total. The first kappa shape index (κ1) is 16.0. The van der Waals surface area contributed by atoms with E-state index in [4.69, 9.17) is 0 Å². The number of carbonyl (C=O) groups excluding carboxylic acids is 1. The molecule has 0 amide bonds. The minimum atomic E-state index is -3.87. The van der Waals surface area contributed by atoms with Gasteiger partial charge in [-0.25, -0.2) is 8.42 Å². The molecule has 0 radical (unpaired) electrons. The predicted octanol–water partition coefficient (Wildman–Crippen LogP) is 0.510. The van der Waals surface area contributed by atoms with Crippen LogP contribution in [0.2, 0.25) is 0 Å². The molecule has 2 rings (SSSR count). The predicted molar refractivity (Wildman–Crippen MR) is 79.0 cm³/mol. The second-order valence-electron chi connectivity index (χ2n) is 5.05. The van der Waals surface area contributed by atoms with Crippen LogP contribution in [-0.4, -0.2) is 24.2 Å². The van der Waals surface area contributed by atoms with Gasteiger partial charge in [0, 0.05) is 7.05 Å². The van der Waals surface area contributed by atoms with Crippen LogP contribution in [0.3, 0.4) is 0 Å². The number of anilines is 1. The number of carboxylic acids is 1. The van der Waals surface area contributed by atoms with Crippen molar-refractivity contribution >= 4 is 21.7 Å². The summed E-state index contributed by atoms with van der Waals surface area (Å²) < 4.78 is 29.0. The van der Waals surface area contributed by atoms with Crippen LogP contribution in [0, 0.1) is 20.8 Å². The standard InChI is InChI=1S/C14H17N3O4S/c1-8-5-6-11(14(18)19)7-12(8)16-22(20,21)13-9(2)15-17(4)10(13)3/h5-7,16H,1-4H3,(H,18,19)/p-1. The van der Waals surface area contributed by atoms with Gasteiger partial charge in [-0.3, -0.25) is 9.40 Å². The summed E-state index contributed by atoms with van der Waals surface area (Å²) in [5, 5.41) is 15.0. The fourth-order valence-corrected chi connectivity index (χ4v) is 3.76. The summed E-state index contributed by atoms with van der Waals surface area (Å²) in [4.78, 5) is 11.0. The number of aromatic nitrogens is 2. The first-order chi connectivity index (χ1) is 10.1. The average molecular weight is 322 g/mol. The Hall–Kier alpha value is -2.35. The van der Waals surface area contributed by atoms with Crippen LogP contribution in [0.1, 0.15) is 27.3 Å². The van der Waals surface area contributed by atoms with Crippen LogP contribution in [0.15, 0.2) is 23.1 Å². The molecule has 0 spiro atoms. The Bertz CT molecular complexity index is 853. The summed E-state index contributed by atoms with van der Waals surface area (Å²) in [6, 6.07) is 4.12. The SMILES string of the molecule is Cc1ccc(C(=O)[O-])cc1NS(=O)(=O)c1c(C)nn(C)c1C. The van der Waals surface area contributed by atoms with E-state index >= 15 is 0 Å². The Morgan fingerprint density at radius 2 is 1.91 bits per heavy atom. The van der Waals surface area contributed by atoms with Crippen LogP contribution in [-0.2, 0) is 17.1 Å². The van der Waals surface area contributed by atoms with Gasteiger partial charge in [-0.15, -0.1) is 0 Å². The van der Waals surface area contributed by atoms with E-state index < -0.39 is 16.0 Å². The number of benzene rings is 1. The van der Waals surface area contributed by atoms with Crippen LogP contribution < -0.4 is 9.83 Å². The summed E-state index contributed by atoms with van der Waals surface area (Å²) in [6.07, 6.45) is 0. The van der Waals surface area contributed by atoms with Crippen molar-refractivity contribution < 1.29 is 18.3 Å². The maximum atomic E-state index is 12.6. The molecule has 0 saturated heterocycles. The number of hydrogen-bond donors (Lipinski definition) is 1. The average Bonchev–Trinajstić information content (AvgIpc) is 2.65. The van der Waals surface area contributed by atoms with Crippen molar-refractivity contribution in [3.8, 4) is 0 Å². The Morgan fingerprint density at radius 3 is 2.41 bits per heavy atom. The number of rotatable bonds is 4. The first-order valence-corrected chi connectivity index (χ1v) is 7.97. The third kappa shape index (κ3) is 2.82. The molecule has 0 saturated carbocycles. The number of carbonyl (C=O) groups is 1. The lowest BCUT2D eigenvalue weighted by Crippen LogP contribution is -2.23. The molecule has 0 unspecified atom stereocenters. The largest absolute Gasteiger partial charge is 0.545 e. The second kappa shape index (κ2) is 5.45. The molecule has 0 aliphatic heterocycles. The lowest BCUT2D eigenvalue weighted by Gasteiger charge is -2.13. The molecule has 8 heteroatoms. The van der Waals surface area contributed by atoms with Crippen molar-refractivity contribution in [3.63, 3.8) is 0 Å². The molecule has 0 bridgehead atoms. The highest BCUT2D eigenvalue weighted by molar-refractivity contribution is 7.92. The zero-order valence-corrected chi connectivity index (χ0v) is 13.5. The first-order valence-electron chi connectivity index (χ1n) is 6.48. The molecule has 0 aliphatic carbocycles. The Morgan fingerprint density at radius 1 is 1.27 bits per heavy atom. The van der Waals surface area contributed by atoms with Gasteiger partial charge in [0.05, 0.1) is 23.0 Å². The lowest BCUT2D eigenvalue weighted by atomic mass is 10.1. The number of nitrogens with one attached hydrogen (secondary N) is 1. The zero-order chi connectivity index (χ0) is 16.7. The van der Waals surface area contributed by atoms with E-state index in [0.29, 0.717) is 17.0 Å². The Labute approximate surface area is 128 Å². The fourth-order valence-electron chi connectivity index (χ4n) is 2.20. The van der Waals surface area contributed by atoms with Crippen LogP contribution in [0.5, 0.6) is 0 Å². The molecular formula is C14H16N3O4S-. The topological polar surface area (TPSA) is 104 Å². The highest BCUT2D eigenvalue weighted by Gasteiger charge is 2.24. The molecule has 1 aromatic carbocycles. The molecular weight excluding hydrogens is 306 g/mol. The van der Waals surface area contributed by atoms with Gasteiger partial charge in [0.25, 0.3) is 10.0 Å². The van der Waals surface area contributed by atoms with E-state index in [-0.39, 0.29) is 16.1 Å². The summed E-state index contributed by atoms with van der Waals surface area (Å²) in [6.45, 7) is 4.94. The van der Waals surface area contributed by atoms with Gasteiger partial charge >= 0.3 is 0 Å². The Balaban J connectivity index is 2.49. The van der Waals surface area contributed by atoms with Gasteiger partial charge in [0.1, 0.15) is 4.90 Å². The van der Waals surface area contributed by atoms with Crippen molar-refractivity contribution in [1.82, 2.24) is 9.78 Å². The van der Waals surface area contributed by atoms with E-state index in [2.05, 4.69) is 9.82 Å². The molecule has 2 aromatic rings. The van der Waals surface area contributed by atoms with Gasteiger partial charge in [0.15, 0.2) is 0 Å². The quantitative estimate of drug-likeness (QED) is 0.883. The van der Waals surface area contributed by atoms with Crippen molar-refractivity contribution in [2.45, 2.75) is 25.7 Å². The van der Waals surface area contributed by atoms with Gasteiger partial charge < -0.3 is 9.90 Å². The number of hydrogen-bond acceptors (Lipinski definition) is 5. The molecule has 0 fully saturated rings. The van der Waals surface area contributed by atoms with Crippen molar-refractivity contribution in [3.05, 3.63) is 40.7 Å². The smallest absolute Gasteiger partial charge is 0.265 e. The number of sulfonamides is 1.